The maximum absolute atomic E-state index is 12.8. The lowest BCUT2D eigenvalue weighted by Gasteiger charge is -2.16. The van der Waals surface area contributed by atoms with Gasteiger partial charge in [0.15, 0.2) is 0 Å². The summed E-state index contributed by atoms with van der Waals surface area (Å²) in [7, 11) is -0.811. The van der Waals surface area contributed by atoms with Crippen LogP contribution in [0.4, 0.5) is 5.69 Å². The van der Waals surface area contributed by atoms with E-state index in [4.69, 9.17) is 4.74 Å². The Labute approximate surface area is 168 Å². The molecular formula is C20H22N2O4S2. The molecule has 1 amide bonds. The molecule has 0 aliphatic rings. The minimum atomic E-state index is -3.72. The Morgan fingerprint density at radius 2 is 1.89 bits per heavy atom. The molecule has 1 heterocycles. The summed E-state index contributed by atoms with van der Waals surface area (Å²) in [6.07, 6.45) is 0. The van der Waals surface area contributed by atoms with Crippen LogP contribution in [-0.2, 0) is 10.0 Å². The molecule has 1 aromatic heterocycles. The van der Waals surface area contributed by atoms with Gasteiger partial charge in [0.05, 0.1) is 11.5 Å². The first-order valence-corrected chi connectivity index (χ1v) is 11.0. The lowest BCUT2D eigenvalue weighted by molar-refractivity contribution is 0.103. The van der Waals surface area contributed by atoms with Gasteiger partial charge in [-0.1, -0.05) is 18.2 Å². The molecule has 0 radical (unpaired) electrons. The predicted molar refractivity (Wildman–Crippen MR) is 113 cm³/mol. The Morgan fingerprint density at radius 3 is 2.54 bits per heavy atom. The maximum Gasteiger partial charge on any atom is 0.266 e. The van der Waals surface area contributed by atoms with Gasteiger partial charge in [-0.25, -0.2) is 12.7 Å². The number of ether oxygens (including phenoxy) is 1. The second-order valence-electron chi connectivity index (χ2n) is 6.39. The Hall–Kier alpha value is -2.42. The zero-order valence-electron chi connectivity index (χ0n) is 16.1. The van der Waals surface area contributed by atoms with E-state index in [2.05, 4.69) is 5.32 Å². The number of anilines is 1. The van der Waals surface area contributed by atoms with Crippen LogP contribution in [0, 0.1) is 6.92 Å². The van der Waals surface area contributed by atoms with Crippen molar-refractivity contribution < 1.29 is 17.9 Å². The molecule has 0 spiro atoms. The summed E-state index contributed by atoms with van der Waals surface area (Å²) in [4.78, 5) is 13.4. The van der Waals surface area contributed by atoms with Gasteiger partial charge in [-0.15, -0.1) is 11.3 Å². The molecule has 148 valence electrons. The van der Waals surface area contributed by atoms with Crippen LogP contribution in [0.3, 0.4) is 0 Å². The highest BCUT2D eigenvalue weighted by Gasteiger charge is 2.24. The number of hydrogen-bond acceptors (Lipinski definition) is 5. The molecule has 28 heavy (non-hydrogen) atoms. The van der Waals surface area contributed by atoms with E-state index in [-0.39, 0.29) is 16.6 Å². The molecule has 8 heteroatoms. The van der Waals surface area contributed by atoms with Crippen LogP contribution in [0.15, 0.2) is 47.4 Å². The molecule has 0 fully saturated rings. The number of sulfonamides is 1. The Balaban J connectivity index is 1.97. The lowest BCUT2D eigenvalue weighted by atomic mass is 10.1. The normalized spacial score (nSPS) is 11.8. The largest absolute Gasteiger partial charge is 0.492 e. The van der Waals surface area contributed by atoms with Crippen LogP contribution < -0.4 is 10.1 Å². The average Bonchev–Trinajstić information content (AvgIpc) is 3.00. The van der Waals surface area contributed by atoms with Crippen LogP contribution in [0.5, 0.6) is 5.75 Å². The Bertz CT molecular complexity index is 1130. The molecule has 2 aromatic carbocycles. The standard InChI is InChI=1S/C20H22N2O4S2/c1-5-26-16-11-10-14(12-18(16)28(24,25)22(3)4)21-20(23)19-13(2)15-8-6-7-9-17(15)27-19/h6-12H,5H2,1-4H3,(H,21,23). The van der Waals surface area contributed by atoms with Crippen molar-refractivity contribution in [2.75, 3.05) is 26.0 Å². The monoisotopic (exact) mass is 418 g/mol. The smallest absolute Gasteiger partial charge is 0.266 e. The summed E-state index contributed by atoms with van der Waals surface area (Å²) >= 11 is 1.41. The number of thiophene rings is 1. The van der Waals surface area contributed by atoms with Gasteiger partial charge >= 0.3 is 0 Å². The fourth-order valence-electron chi connectivity index (χ4n) is 2.84. The molecule has 0 aliphatic heterocycles. The van der Waals surface area contributed by atoms with Crippen molar-refractivity contribution in [2.24, 2.45) is 0 Å². The summed E-state index contributed by atoms with van der Waals surface area (Å²) < 4.78 is 32.9. The van der Waals surface area contributed by atoms with Crippen molar-refractivity contribution in [3.8, 4) is 5.75 Å². The number of rotatable bonds is 6. The number of amides is 1. The van der Waals surface area contributed by atoms with Crippen molar-refractivity contribution in [3.05, 3.63) is 52.9 Å². The minimum absolute atomic E-state index is 0.0187. The molecule has 0 saturated carbocycles. The van der Waals surface area contributed by atoms with E-state index in [1.807, 2.05) is 31.2 Å². The third-order valence-corrected chi connectivity index (χ3v) is 7.42. The van der Waals surface area contributed by atoms with E-state index in [1.165, 1.54) is 31.5 Å². The van der Waals surface area contributed by atoms with Crippen LogP contribution in [0.25, 0.3) is 10.1 Å². The first-order valence-electron chi connectivity index (χ1n) is 8.74. The fourth-order valence-corrected chi connectivity index (χ4v) is 4.99. The summed E-state index contributed by atoms with van der Waals surface area (Å²) in [5.41, 5.74) is 1.30. The highest BCUT2D eigenvalue weighted by atomic mass is 32.2. The molecule has 0 saturated heterocycles. The molecule has 1 N–H and O–H groups in total. The van der Waals surface area contributed by atoms with Crippen molar-refractivity contribution >= 4 is 43.0 Å². The Kier molecular flexibility index (Phi) is 5.74. The summed E-state index contributed by atoms with van der Waals surface area (Å²) in [6, 6.07) is 12.5. The fraction of sp³-hybridized carbons (Fsp3) is 0.250. The summed E-state index contributed by atoms with van der Waals surface area (Å²) in [5.74, 6) is -0.0108. The molecule has 0 unspecified atom stereocenters. The van der Waals surface area contributed by atoms with E-state index < -0.39 is 10.0 Å². The minimum Gasteiger partial charge on any atom is -0.492 e. The SMILES string of the molecule is CCOc1ccc(NC(=O)c2sc3ccccc3c2C)cc1S(=O)(=O)N(C)C. The number of nitrogens with zero attached hydrogens (tertiary/aromatic N) is 1. The second-order valence-corrected chi connectivity index (χ2v) is 9.56. The van der Waals surface area contributed by atoms with Crippen molar-refractivity contribution in [1.82, 2.24) is 4.31 Å². The van der Waals surface area contributed by atoms with Crippen LogP contribution >= 0.6 is 11.3 Å². The molecule has 0 atom stereocenters. The van der Waals surface area contributed by atoms with Gasteiger partial charge in [0, 0.05) is 24.5 Å². The topological polar surface area (TPSA) is 75.7 Å². The number of carbonyl (C=O) groups excluding carboxylic acids is 1. The van der Waals surface area contributed by atoms with Gasteiger partial charge in [-0.05, 0) is 49.1 Å². The van der Waals surface area contributed by atoms with Gasteiger partial charge in [0.1, 0.15) is 10.6 Å². The summed E-state index contributed by atoms with van der Waals surface area (Å²) in [6.45, 7) is 4.03. The van der Waals surface area contributed by atoms with Gasteiger partial charge < -0.3 is 10.1 Å². The number of nitrogens with one attached hydrogen (secondary N) is 1. The third-order valence-electron chi connectivity index (χ3n) is 4.31. The molecule has 3 rings (SSSR count). The highest BCUT2D eigenvalue weighted by Crippen LogP contribution is 2.32. The number of hydrogen-bond donors (Lipinski definition) is 1. The van der Waals surface area contributed by atoms with Gasteiger partial charge in [-0.3, -0.25) is 4.79 Å². The van der Waals surface area contributed by atoms with Crippen LogP contribution in [0.1, 0.15) is 22.2 Å². The van der Waals surface area contributed by atoms with E-state index in [1.54, 1.807) is 19.1 Å². The molecule has 0 bridgehead atoms. The number of benzene rings is 2. The van der Waals surface area contributed by atoms with Gasteiger partial charge in [0.2, 0.25) is 10.0 Å². The zero-order chi connectivity index (χ0) is 20.5. The van der Waals surface area contributed by atoms with E-state index in [0.29, 0.717) is 17.2 Å². The van der Waals surface area contributed by atoms with Crippen molar-refractivity contribution in [3.63, 3.8) is 0 Å². The first-order chi connectivity index (χ1) is 13.3. The molecule has 3 aromatic rings. The number of fused-ring (bicyclic) bond motifs is 1. The van der Waals surface area contributed by atoms with Gasteiger partial charge in [0.25, 0.3) is 5.91 Å². The quantitative estimate of drug-likeness (QED) is 0.654. The number of carbonyl (C=O) groups is 1. The van der Waals surface area contributed by atoms with Crippen LogP contribution in [-0.4, -0.2) is 39.3 Å². The highest BCUT2D eigenvalue weighted by molar-refractivity contribution is 7.89. The zero-order valence-corrected chi connectivity index (χ0v) is 17.8. The van der Waals surface area contributed by atoms with Gasteiger partial charge in [-0.2, -0.15) is 0 Å². The maximum atomic E-state index is 12.8. The summed E-state index contributed by atoms with van der Waals surface area (Å²) in [5, 5.41) is 3.86. The molecule has 6 nitrogen and oxygen atoms in total. The predicted octanol–water partition coefficient (Wildman–Crippen LogP) is 4.11. The Morgan fingerprint density at radius 1 is 1.18 bits per heavy atom. The van der Waals surface area contributed by atoms with E-state index in [9.17, 15) is 13.2 Å². The molecular weight excluding hydrogens is 396 g/mol. The second kappa shape index (κ2) is 7.90. The van der Waals surface area contributed by atoms with E-state index in [0.717, 1.165) is 20.0 Å². The lowest BCUT2D eigenvalue weighted by Crippen LogP contribution is -2.23. The van der Waals surface area contributed by atoms with Crippen molar-refractivity contribution in [2.45, 2.75) is 18.7 Å². The number of aryl methyl sites for hydroxylation is 1. The average molecular weight is 419 g/mol. The first kappa shape index (κ1) is 20.3. The van der Waals surface area contributed by atoms with Crippen molar-refractivity contribution in [1.29, 1.82) is 0 Å². The third kappa shape index (κ3) is 3.76. The van der Waals surface area contributed by atoms with Crippen LogP contribution in [0.2, 0.25) is 0 Å². The molecule has 0 aliphatic carbocycles. The van der Waals surface area contributed by atoms with E-state index >= 15 is 0 Å².